The number of halogens is 1. The smallest absolute Gasteiger partial charge is 0.251 e. The molecule has 0 bridgehead atoms. The number of aryl methyl sites for hydroxylation is 1. The Bertz CT molecular complexity index is 762. The zero-order valence-electron chi connectivity index (χ0n) is 13.5. The number of amides is 1. The highest BCUT2D eigenvalue weighted by Gasteiger charge is 2.34. The fraction of sp³-hybridized carbons (Fsp3) is 0.316. The molecule has 0 spiro atoms. The molecule has 1 atom stereocenters. The van der Waals surface area contributed by atoms with E-state index in [2.05, 4.69) is 21.2 Å². The third-order valence-electron chi connectivity index (χ3n) is 4.48. The summed E-state index contributed by atoms with van der Waals surface area (Å²) in [6.07, 6.45) is 2.42. The summed E-state index contributed by atoms with van der Waals surface area (Å²) < 4.78 is 6.11. The lowest BCUT2D eigenvalue weighted by Gasteiger charge is -2.35. The summed E-state index contributed by atoms with van der Waals surface area (Å²) >= 11 is 3.36. The van der Waals surface area contributed by atoms with Crippen molar-refractivity contribution in [1.82, 2.24) is 5.32 Å². The van der Waals surface area contributed by atoms with E-state index in [1.54, 1.807) is 19.2 Å². The van der Waals surface area contributed by atoms with E-state index in [9.17, 15) is 9.90 Å². The first kappa shape index (κ1) is 17.0. The minimum Gasteiger partial charge on any atom is -0.497 e. The predicted molar refractivity (Wildman–Crippen MR) is 96.3 cm³/mol. The quantitative estimate of drug-likeness (QED) is 0.841. The SMILES string of the molecule is COc1ccc2c(c1)CCC[C@]2(O)CNC(=O)c1cccc(Br)c1. The Morgan fingerprint density at radius 2 is 2.17 bits per heavy atom. The van der Waals surface area contributed by atoms with E-state index in [4.69, 9.17) is 4.74 Å². The van der Waals surface area contributed by atoms with Crippen molar-refractivity contribution in [2.45, 2.75) is 24.9 Å². The molecule has 0 saturated heterocycles. The average Bonchev–Trinajstić information content (AvgIpc) is 2.59. The van der Waals surface area contributed by atoms with Crippen molar-refractivity contribution < 1.29 is 14.6 Å². The molecule has 0 heterocycles. The molecule has 1 amide bonds. The zero-order chi connectivity index (χ0) is 17.2. The molecule has 0 aromatic heterocycles. The Kier molecular flexibility index (Phi) is 4.92. The molecule has 5 heteroatoms. The van der Waals surface area contributed by atoms with Crippen molar-refractivity contribution in [1.29, 1.82) is 0 Å². The number of ether oxygens (including phenoxy) is 1. The number of rotatable bonds is 4. The van der Waals surface area contributed by atoms with Crippen LogP contribution in [0.1, 0.15) is 34.3 Å². The van der Waals surface area contributed by atoms with E-state index >= 15 is 0 Å². The van der Waals surface area contributed by atoms with Gasteiger partial charge in [-0.2, -0.15) is 0 Å². The molecule has 0 unspecified atom stereocenters. The molecule has 3 rings (SSSR count). The number of nitrogens with one attached hydrogen (secondary N) is 1. The van der Waals surface area contributed by atoms with Crippen LogP contribution in [0.15, 0.2) is 46.9 Å². The summed E-state index contributed by atoms with van der Waals surface area (Å²) in [4.78, 5) is 12.3. The summed E-state index contributed by atoms with van der Waals surface area (Å²) in [6, 6.07) is 12.9. The molecule has 0 fully saturated rings. The van der Waals surface area contributed by atoms with Gasteiger partial charge in [0.1, 0.15) is 11.4 Å². The highest BCUT2D eigenvalue weighted by Crippen LogP contribution is 2.36. The van der Waals surface area contributed by atoms with Crippen LogP contribution < -0.4 is 10.1 Å². The second-order valence-corrected chi connectivity index (χ2v) is 7.02. The first-order valence-corrected chi connectivity index (χ1v) is 8.75. The maximum Gasteiger partial charge on any atom is 0.251 e. The lowest BCUT2D eigenvalue weighted by atomic mass is 9.79. The van der Waals surface area contributed by atoms with Gasteiger partial charge in [0.25, 0.3) is 5.91 Å². The fourth-order valence-electron chi connectivity index (χ4n) is 3.21. The van der Waals surface area contributed by atoms with Crippen molar-refractivity contribution >= 4 is 21.8 Å². The summed E-state index contributed by atoms with van der Waals surface area (Å²) in [5.41, 5.74) is 1.49. The molecule has 2 aromatic rings. The van der Waals surface area contributed by atoms with Gasteiger partial charge in [0.15, 0.2) is 0 Å². The number of hydrogen-bond donors (Lipinski definition) is 2. The minimum atomic E-state index is -1.04. The molecule has 4 nitrogen and oxygen atoms in total. The number of aliphatic hydroxyl groups is 1. The van der Waals surface area contributed by atoms with Crippen LogP contribution in [-0.4, -0.2) is 24.7 Å². The van der Waals surface area contributed by atoms with Crippen LogP contribution in [0.4, 0.5) is 0 Å². The lowest BCUT2D eigenvalue weighted by Crippen LogP contribution is -2.43. The van der Waals surface area contributed by atoms with Gasteiger partial charge in [0, 0.05) is 10.0 Å². The average molecular weight is 390 g/mol. The van der Waals surface area contributed by atoms with E-state index in [-0.39, 0.29) is 12.5 Å². The number of carbonyl (C=O) groups excluding carboxylic acids is 1. The van der Waals surface area contributed by atoms with Crippen molar-refractivity contribution in [2.75, 3.05) is 13.7 Å². The maximum atomic E-state index is 12.3. The van der Waals surface area contributed by atoms with E-state index in [0.29, 0.717) is 12.0 Å². The number of benzene rings is 2. The lowest BCUT2D eigenvalue weighted by molar-refractivity contribution is 0.0189. The van der Waals surface area contributed by atoms with Crippen LogP contribution in [-0.2, 0) is 12.0 Å². The van der Waals surface area contributed by atoms with Gasteiger partial charge in [-0.15, -0.1) is 0 Å². The Balaban J connectivity index is 1.77. The highest BCUT2D eigenvalue weighted by molar-refractivity contribution is 9.10. The first-order chi connectivity index (χ1) is 11.5. The number of carbonyl (C=O) groups is 1. The van der Waals surface area contributed by atoms with E-state index in [1.807, 2.05) is 30.3 Å². The molecule has 2 aromatic carbocycles. The molecular weight excluding hydrogens is 370 g/mol. The second kappa shape index (κ2) is 6.95. The van der Waals surface area contributed by atoms with Gasteiger partial charge in [0.2, 0.25) is 0 Å². The molecule has 0 aliphatic heterocycles. The highest BCUT2D eigenvalue weighted by atomic mass is 79.9. The van der Waals surface area contributed by atoms with Crippen molar-refractivity contribution in [3.8, 4) is 5.75 Å². The van der Waals surface area contributed by atoms with Gasteiger partial charge in [0.05, 0.1) is 13.7 Å². The number of methoxy groups -OCH3 is 1. The molecule has 24 heavy (non-hydrogen) atoms. The Hall–Kier alpha value is -1.85. The van der Waals surface area contributed by atoms with Gasteiger partial charge in [-0.05, 0) is 60.7 Å². The number of hydrogen-bond acceptors (Lipinski definition) is 3. The zero-order valence-corrected chi connectivity index (χ0v) is 15.1. The molecular formula is C19H20BrNO3. The molecule has 0 radical (unpaired) electrons. The molecule has 0 saturated carbocycles. The van der Waals surface area contributed by atoms with Gasteiger partial charge in [-0.3, -0.25) is 4.79 Å². The molecule has 126 valence electrons. The minimum absolute atomic E-state index is 0.189. The van der Waals surface area contributed by atoms with Crippen LogP contribution in [0.25, 0.3) is 0 Å². The van der Waals surface area contributed by atoms with Crippen LogP contribution >= 0.6 is 15.9 Å². The largest absolute Gasteiger partial charge is 0.497 e. The van der Waals surface area contributed by atoms with Crippen molar-refractivity contribution in [3.05, 3.63) is 63.6 Å². The van der Waals surface area contributed by atoms with Gasteiger partial charge in [-0.25, -0.2) is 0 Å². The number of fused-ring (bicyclic) bond motifs is 1. The summed E-state index contributed by atoms with van der Waals surface area (Å²) in [7, 11) is 1.63. The van der Waals surface area contributed by atoms with Gasteiger partial charge >= 0.3 is 0 Å². The monoisotopic (exact) mass is 389 g/mol. The Labute approximate surface area is 150 Å². The van der Waals surface area contributed by atoms with E-state index in [0.717, 1.165) is 34.2 Å². The third kappa shape index (κ3) is 3.47. The topological polar surface area (TPSA) is 58.6 Å². The predicted octanol–water partition coefficient (Wildman–Crippen LogP) is 3.41. The summed E-state index contributed by atoms with van der Waals surface area (Å²) in [5, 5.41) is 13.9. The first-order valence-electron chi connectivity index (χ1n) is 7.95. The summed E-state index contributed by atoms with van der Waals surface area (Å²) in [6.45, 7) is 0.192. The van der Waals surface area contributed by atoms with Gasteiger partial charge < -0.3 is 15.2 Å². The Morgan fingerprint density at radius 3 is 2.92 bits per heavy atom. The van der Waals surface area contributed by atoms with E-state index in [1.165, 1.54) is 0 Å². The van der Waals surface area contributed by atoms with Crippen molar-refractivity contribution in [3.63, 3.8) is 0 Å². The fourth-order valence-corrected chi connectivity index (χ4v) is 3.60. The standard InChI is InChI=1S/C19H20BrNO3/c1-24-16-7-8-17-13(11-16)5-3-9-19(17,23)12-21-18(22)14-4-2-6-15(20)10-14/h2,4,6-8,10-11,23H,3,5,9,12H2,1H3,(H,21,22)/t19-/m0/s1. The van der Waals surface area contributed by atoms with Crippen LogP contribution in [0, 0.1) is 0 Å². The van der Waals surface area contributed by atoms with Crippen LogP contribution in [0.5, 0.6) is 5.75 Å². The maximum absolute atomic E-state index is 12.3. The molecule has 1 aliphatic carbocycles. The van der Waals surface area contributed by atoms with E-state index < -0.39 is 5.60 Å². The third-order valence-corrected chi connectivity index (χ3v) is 4.97. The Morgan fingerprint density at radius 1 is 1.33 bits per heavy atom. The normalized spacial score (nSPS) is 19.5. The van der Waals surface area contributed by atoms with Crippen LogP contribution in [0.2, 0.25) is 0 Å². The van der Waals surface area contributed by atoms with Gasteiger partial charge in [-0.1, -0.05) is 28.1 Å². The van der Waals surface area contributed by atoms with Crippen molar-refractivity contribution in [2.24, 2.45) is 0 Å². The molecule has 1 aliphatic rings. The van der Waals surface area contributed by atoms with Crippen LogP contribution in [0.3, 0.4) is 0 Å². The molecule has 2 N–H and O–H groups in total. The second-order valence-electron chi connectivity index (χ2n) is 6.10. The summed E-state index contributed by atoms with van der Waals surface area (Å²) in [5.74, 6) is 0.599.